The first-order valence-electron chi connectivity index (χ1n) is 3.46. The Morgan fingerprint density at radius 2 is 1.77 bits per heavy atom. The largest absolute Gasteiger partial charge is 0.481 e. The Hall–Kier alpha value is -0.790. The zero-order valence-corrected chi connectivity index (χ0v) is 7.91. The SMILES string of the molecule is NC(CC(=O)O)C(=O)O.NCCS. The summed E-state index contributed by atoms with van der Waals surface area (Å²) in [6.45, 7) is 0.684. The molecule has 0 saturated heterocycles. The molecule has 78 valence electrons. The third kappa shape index (κ3) is 14.1. The van der Waals surface area contributed by atoms with Crippen LogP contribution in [0, 0.1) is 0 Å². The highest BCUT2D eigenvalue weighted by Gasteiger charge is 2.14. The third-order valence-corrected chi connectivity index (χ3v) is 1.10. The van der Waals surface area contributed by atoms with Crippen LogP contribution in [0.15, 0.2) is 0 Å². The van der Waals surface area contributed by atoms with Crippen molar-refractivity contribution in [3.63, 3.8) is 0 Å². The molecule has 6 N–H and O–H groups in total. The summed E-state index contributed by atoms with van der Waals surface area (Å²) in [5.41, 5.74) is 9.79. The molecule has 0 aliphatic carbocycles. The molecule has 7 heteroatoms. The van der Waals surface area contributed by atoms with Gasteiger partial charge in [-0.15, -0.1) is 0 Å². The van der Waals surface area contributed by atoms with E-state index in [1.165, 1.54) is 0 Å². The number of aliphatic carboxylic acids is 2. The molecule has 0 aromatic rings. The first kappa shape index (κ1) is 14.7. The number of carboxylic acids is 2. The molecule has 13 heavy (non-hydrogen) atoms. The second-order valence-electron chi connectivity index (χ2n) is 2.05. The zero-order chi connectivity index (χ0) is 10.9. The third-order valence-electron chi connectivity index (χ3n) is 0.841. The lowest BCUT2D eigenvalue weighted by molar-refractivity contribution is -0.144. The number of hydrogen-bond donors (Lipinski definition) is 5. The molecule has 1 atom stereocenters. The maximum Gasteiger partial charge on any atom is 0.321 e. The Morgan fingerprint density at radius 1 is 1.38 bits per heavy atom. The van der Waals surface area contributed by atoms with Gasteiger partial charge in [-0.05, 0) is 0 Å². The highest BCUT2D eigenvalue weighted by atomic mass is 32.1. The summed E-state index contributed by atoms with van der Waals surface area (Å²) in [6, 6.07) is -1.29. The highest BCUT2D eigenvalue weighted by molar-refractivity contribution is 7.80. The van der Waals surface area contributed by atoms with Crippen molar-refractivity contribution in [1.29, 1.82) is 0 Å². The van der Waals surface area contributed by atoms with Crippen LogP contribution in [-0.4, -0.2) is 40.5 Å². The van der Waals surface area contributed by atoms with Crippen LogP contribution in [-0.2, 0) is 9.59 Å². The van der Waals surface area contributed by atoms with Gasteiger partial charge in [-0.2, -0.15) is 12.6 Å². The molecule has 0 saturated carbocycles. The van der Waals surface area contributed by atoms with Gasteiger partial charge in [0, 0.05) is 12.3 Å². The standard InChI is InChI=1S/C4H7NO4.C2H7NS/c5-2(4(8)9)1-3(6)7;3-1-2-4/h2H,1,5H2,(H,6,7)(H,8,9);4H,1-3H2. The van der Waals surface area contributed by atoms with Crippen molar-refractivity contribution in [3.05, 3.63) is 0 Å². The molecular formula is C6H14N2O4S. The van der Waals surface area contributed by atoms with Crippen molar-refractivity contribution in [2.45, 2.75) is 12.5 Å². The average molecular weight is 210 g/mol. The van der Waals surface area contributed by atoms with Gasteiger partial charge < -0.3 is 21.7 Å². The fourth-order valence-electron chi connectivity index (χ4n) is 0.275. The number of nitrogens with two attached hydrogens (primary N) is 2. The van der Waals surface area contributed by atoms with Crippen molar-refractivity contribution >= 4 is 24.6 Å². The molecule has 0 radical (unpaired) electrons. The van der Waals surface area contributed by atoms with Crippen LogP contribution in [0.4, 0.5) is 0 Å². The van der Waals surface area contributed by atoms with Crippen LogP contribution in [0.25, 0.3) is 0 Å². The van der Waals surface area contributed by atoms with Gasteiger partial charge in [-0.25, -0.2) is 0 Å². The first-order chi connectivity index (χ1) is 5.95. The highest BCUT2D eigenvalue weighted by Crippen LogP contribution is 1.86. The molecule has 0 aliphatic heterocycles. The van der Waals surface area contributed by atoms with E-state index in [2.05, 4.69) is 12.6 Å². The molecule has 0 heterocycles. The molecule has 0 amide bonds. The van der Waals surface area contributed by atoms with Crippen molar-refractivity contribution < 1.29 is 19.8 Å². The van der Waals surface area contributed by atoms with Gasteiger partial charge in [-0.3, -0.25) is 9.59 Å². The molecule has 0 aromatic heterocycles. The summed E-state index contributed by atoms with van der Waals surface area (Å²) < 4.78 is 0. The lowest BCUT2D eigenvalue weighted by atomic mass is 10.2. The lowest BCUT2D eigenvalue weighted by Crippen LogP contribution is -2.32. The number of carbonyl (C=O) groups is 2. The van der Waals surface area contributed by atoms with Gasteiger partial charge in [0.15, 0.2) is 0 Å². The molecule has 0 spiro atoms. The van der Waals surface area contributed by atoms with E-state index in [9.17, 15) is 9.59 Å². The second kappa shape index (κ2) is 9.30. The molecule has 0 bridgehead atoms. The summed E-state index contributed by atoms with van der Waals surface area (Å²) in [5.74, 6) is -1.71. The summed E-state index contributed by atoms with van der Waals surface area (Å²) in [7, 11) is 0. The Bertz CT molecular complexity index is 163. The van der Waals surface area contributed by atoms with Gasteiger partial charge in [0.25, 0.3) is 0 Å². The Morgan fingerprint density at radius 3 is 1.85 bits per heavy atom. The minimum absolute atomic E-state index is 0.532. The van der Waals surface area contributed by atoms with E-state index in [1.54, 1.807) is 0 Å². The van der Waals surface area contributed by atoms with Crippen molar-refractivity contribution in [2.75, 3.05) is 12.3 Å². The van der Waals surface area contributed by atoms with E-state index >= 15 is 0 Å². The van der Waals surface area contributed by atoms with E-state index in [1.807, 2.05) is 0 Å². The van der Waals surface area contributed by atoms with Crippen molar-refractivity contribution in [1.82, 2.24) is 0 Å². The quantitative estimate of drug-likeness (QED) is 0.369. The Labute approximate surface area is 81.3 Å². The van der Waals surface area contributed by atoms with Crippen LogP contribution in [0.5, 0.6) is 0 Å². The van der Waals surface area contributed by atoms with E-state index in [0.29, 0.717) is 6.54 Å². The van der Waals surface area contributed by atoms with E-state index in [4.69, 9.17) is 21.7 Å². The van der Waals surface area contributed by atoms with Crippen LogP contribution in [0.3, 0.4) is 0 Å². The fraction of sp³-hybridized carbons (Fsp3) is 0.667. The van der Waals surface area contributed by atoms with E-state index < -0.39 is 24.4 Å². The molecule has 1 unspecified atom stereocenters. The van der Waals surface area contributed by atoms with Gasteiger partial charge >= 0.3 is 11.9 Å². The summed E-state index contributed by atoms with van der Waals surface area (Å²) in [5, 5.41) is 16.0. The maximum atomic E-state index is 9.85. The van der Waals surface area contributed by atoms with Gasteiger partial charge in [-0.1, -0.05) is 0 Å². The molecule has 0 aromatic carbocycles. The molecule has 0 rings (SSSR count). The first-order valence-corrected chi connectivity index (χ1v) is 4.10. The van der Waals surface area contributed by atoms with Crippen LogP contribution >= 0.6 is 12.6 Å². The van der Waals surface area contributed by atoms with Crippen LogP contribution in [0.2, 0.25) is 0 Å². The normalized spacial score (nSPS) is 11.0. The fourth-order valence-corrected chi connectivity index (χ4v) is 0.275. The second-order valence-corrected chi connectivity index (χ2v) is 2.50. The molecule has 6 nitrogen and oxygen atoms in total. The summed E-state index contributed by atoms with van der Waals surface area (Å²) >= 11 is 3.80. The minimum Gasteiger partial charge on any atom is -0.481 e. The average Bonchev–Trinajstić information content (AvgIpc) is 2.03. The molecule has 0 aliphatic rings. The topological polar surface area (TPSA) is 127 Å². The maximum absolute atomic E-state index is 9.85. The monoisotopic (exact) mass is 210 g/mol. The number of thiol groups is 1. The predicted octanol–water partition coefficient (Wildman–Crippen LogP) is -1.25. The summed E-state index contributed by atoms with van der Waals surface area (Å²) in [6.07, 6.45) is -0.532. The Balaban J connectivity index is 0. The van der Waals surface area contributed by atoms with Gasteiger partial charge in [0.2, 0.25) is 0 Å². The predicted molar refractivity (Wildman–Crippen MR) is 50.8 cm³/mol. The lowest BCUT2D eigenvalue weighted by Gasteiger charge is -1.99. The van der Waals surface area contributed by atoms with Crippen LogP contribution < -0.4 is 11.5 Å². The number of carboxylic acid groups (broad SMARTS) is 2. The van der Waals surface area contributed by atoms with Crippen LogP contribution in [0.1, 0.15) is 6.42 Å². The smallest absolute Gasteiger partial charge is 0.321 e. The minimum atomic E-state index is -1.29. The zero-order valence-electron chi connectivity index (χ0n) is 7.01. The van der Waals surface area contributed by atoms with Gasteiger partial charge in [0.1, 0.15) is 6.04 Å². The number of rotatable bonds is 4. The van der Waals surface area contributed by atoms with Crippen molar-refractivity contribution in [3.8, 4) is 0 Å². The van der Waals surface area contributed by atoms with Crippen molar-refractivity contribution in [2.24, 2.45) is 11.5 Å². The summed E-state index contributed by atoms with van der Waals surface area (Å²) in [4.78, 5) is 19.6. The van der Waals surface area contributed by atoms with E-state index in [-0.39, 0.29) is 0 Å². The number of hydrogen-bond acceptors (Lipinski definition) is 5. The molecule has 0 fully saturated rings. The Kier molecular flexibility index (Phi) is 10.5. The van der Waals surface area contributed by atoms with E-state index in [0.717, 1.165) is 5.75 Å². The van der Waals surface area contributed by atoms with Gasteiger partial charge in [0.05, 0.1) is 6.42 Å². The molecular weight excluding hydrogens is 196 g/mol.